The molecular formula is C7H7O2. The summed E-state index contributed by atoms with van der Waals surface area (Å²) in [5.74, 6) is 1.85. The largest absolute Gasteiger partial charge is 0.490 e. The first-order chi connectivity index (χ1) is 4.47. The Bertz CT molecular complexity index is 182. The monoisotopic (exact) mass is 123 g/mol. The molecule has 1 aromatic heterocycles. The molecule has 0 aliphatic carbocycles. The second-order valence-corrected chi connectivity index (χ2v) is 2.01. The summed E-state index contributed by atoms with van der Waals surface area (Å²) in [5, 5.41) is 0. The predicted molar refractivity (Wildman–Crippen MR) is 32.2 cm³/mol. The Morgan fingerprint density at radius 1 is 1.44 bits per heavy atom. The Labute approximate surface area is 53.4 Å². The zero-order valence-electron chi connectivity index (χ0n) is 4.96. The summed E-state index contributed by atoms with van der Waals surface area (Å²) in [4.78, 5) is 0. The highest BCUT2D eigenvalue weighted by Gasteiger charge is 2.11. The third-order valence-electron chi connectivity index (χ3n) is 1.39. The van der Waals surface area contributed by atoms with Gasteiger partial charge in [-0.05, 0) is 0 Å². The summed E-state index contributed by atoms with van der Waals surface area (Å²) < 4.78 is 10.3. The van der Waals surface area contributed by atoms with Crippen molar-refractivity contribution in [2.45, 2.75) is 6.42 Å². The van der Waals surface area contributed by atoms with Gasteiger partial charge in [-0.1, -0.05) is 0 Å². The van der Waals surface area contributed by atoms with Crippen LogP contribution in [0.3, 0.4) is 0 Å². The molecule has 1 aliphatic rings. The minimum absolute atomic E-state index is 0.715. The number of hydrogen-bond acceptors (Lipinski definition) is 2. The van der Waals surface area contributed by atoms with Crippen molar-refractivity contribution in [1.29, 1.82) is 0 Å². The zero-order chi connectivity index (χ0) is 6.10. The Balaban J connectivity index is 2.39. The van der Waals surface area contributed by atoms with Gasteiger partial charge in [0, 0.05) is 18.9 Å². The van der Waals surface area contributed by atoms with Crippen LogP contribution in [0.5, 0.6) is 5.75 Å². The molecule has 9 heavy (non-hydrogen) atoms. The maximum atomic E-state index is 5.21. The van der Waals surface area contributed by atoms with Gasteiger partial charge in [-0.15, -0.1) is 0 Å². The van der Waals surface area contributed by atoms with Crippen LogP contribution in [0.1, 0.15) is 5.76 Å². The first-order valence-electron chi connectivity index (χ1n) is 2.97. The van der Waals surface area contributed by atoms with E-state index < -0.39 is 0 Å². The summed E-state index contributed by atoms with van der Waals surface area (Å²) in [6.07, 6.45) is 4.61. The van der Waals surface area contributed by atoms with Crippen LogP contribution in [0.2, 0.25) is 0 Å². The Hall–Kier alpha value is -0.920. The standard InChI is InChI=1S/C7H7O2/c1-2-6-7(8-4-1)3-5-9-6/h1,3,5H,2,4H2. The lowest BCUT2D eigenvalue weighted by molar-refractivity contribution is 0.311. The van der Waals surface area contributed by atoms with E-state index in [9.17, 15) is 0 Å². The lowest BCUT2D eigenvalue weighted by atomic mass is 10.2. The predicted octanol–water partition coefficient (Wildman–Crippen LogP) is 1.42. The van der Waals surface area contributed by atoms with E-state index in [1.165, 1.54) is 0 Å². The molecule has 2 nitrogen and oxygen atoms in total. The minimum atomic E-state index is 0.715. The Morgan fingerprint density at radius 3 is 3.33 bits per heavy atom. The number of hydrogen-bond donors (Lipinski definition) is 0. The Morgan fingerprint density at radius 2 is 2.44 bits per heavy atom. The molecule has 0 aromatic carbocycles. The summed E-state index contributed by atoms with van der Waals surface area (Å²) >= 11 is 0. The summed E-state index contributed by atoms with van der Waals surface area (Å²) in [5.41, 5.74) is 0. The second kappa shape index (κ2) is 1.79. The average molecular weight is 123 g/mol. The van der Waals surface area contributed by atoms with Crippen molar-refractivity contribution < 1.29 is 9.15 Å². The molecule has 0 bridgehead atoms. The molecule has 2 heteroatoms. The third-order valence-corrected chi connectivity index (χ3v) is 1.39. The lowest BCUT2D eigenvalue weighted by Gasteiger charge is -2.09. The number of ether oxygens (including phenoxy) is 1. The molecule has 1 aromatic rings. The van der Waals surface area contributed by atoms with Crippen molar-refractivity contribution in [2.24, 2.45) is 0 Å². The van der Waals surface area contributed by atoms with Crippen LogP contribution < -0.4 is 4.74 Å². The molecule has 0 spiro atoms. The van der Waals surface area contributed by atoms with E-state index in [0.29, 0.717) is 6.61 Å². The molecule has 2 heterocycles. The van der Waals surface area contributed by atoms with Gasteiger partial charge in [0.2, 0.25) is 0 Å². The van der Waals surface area contributed by atoms with Gasteiger partial charge in [0.1, 0.15) is 5.76 Å². The van der Waals surface area contributed by atoms with Gasteiger partial charge in [0.15, 0.2) is 5.75 Å². The highest BCUT2D eigenvalue weighted by atomic mass is 16.5. The van der Waals surface area contributed by atoms with Crippen LogP contribution in [0.25, 0.3) is 0 Å². The van der Waals surface area contributed by atoms with Gasteiger partial charge >= 0.3 is 0 Å². The smallest absolute Gasteiger partial charge is 0.160 e. The van der Waals surface area contributed by atoms with Gasteiger partial charge in [0.25, 0.3) is 0 Å². The number of rotatable bonds is 0. The maximum absolute atomic E-state index is 5.21. The van der Waals surface area contributed by atoms with Gasteiger partial charge in [-0.2, -0.15) is 0 Å². The van der Waals surface area contributed by atoms with Crippen molar-refractivity contribution in [3.8, 4) is 5.75 Å². The number of furan rings is 1. The van der Waals surface area contributed by atoms with Crippen molar-refractivity contribution >= 4 is 0 Å². The molecule has 0 atom stereocenters. The van der Waals surface area contributed by atoms with E-state index in [2.05, 4.69) is 0 Å². The van der Waals surface area contributed by atoms with E-state index in [0.717, 1.165) is 17.9 Å². The molecule has 0 saturated heterocycles. The van der Waals surface area contributed by atoms with E-state index in [1.54, 1.807) is 6.26 Å². The normalized spacial score (nSPS) is 16.4. The second-order valence-electron chi connectivity index (χ2n) is 2.01. The minimum Gasteiger partial charge on any atom is -0.490 e. The van der Waals surface area contributed by atoms with E-state index in [-0.39, 0.29) is 0 Å². The summed E-state index contributed by atoms with van der Waals surface area (Å²) in [6, 6.07) is 1.85. The van der Waals surface area contributed by atoms with Crippen LogP contribution in [-0.2, 0) is 6.42 Å². The fourth-order valence-corrected chi connectivity index (χ4v) is 0.945. The van der Waals surface area contributed by atoms with E-state index >= 15 is 0 Å². The molecule has 2 rings (SSSR count). The van der Waals surface area contributed by atoms with Crippen molar-refractivity contribution in [3.05, 3.63) is 24.5 Å². The average Bonchev–Trinajstić information content (AvgIpc) is 2.33. The lowest BCUT2D eigenvalue weighted by Crippen LogP contribution is -2.06. The maximum Gasteiger partial charge on any atom is 0.160 e. The highest BCUT2D eigenvalue weighted by Crippen LogP contribution is 2.24. The topological polar surface area (TPSA) is 22.4 Å². The van der Waals surface area contributed by atoms with Gasteiger partial charge in [0.05, 0.1) is 12.9 Å². The first kappa shape index (κ1) is 4.91. The summed E-state index contributed by atoms with van der Waals surface area (Å²) in [6.45, 7) is 0.715. The quantitative estimate of drug-likeness (QED) is 0.520. The summed E-state index contributed by atoms with van der Waals surface area (Å²) in [7, 11) is 0. The van der Waals surface area contributed by atoms with Gasteiger partial charge < -0.3 is 9.15 Å². The SMILES string of the molecule is [CH]1COc2ccoc2C1. The van der Waals surface area contributed by atoms with Crippen LogP contribution in [0.4, 0.5) is 0 Å². The molecule has 0 unspecified atom stereocenters. The van der Waals surface area contributed by atoms with Crippen LogP contribution >= 0.6 is 0 Å². The van der Waals surface area contributed by atoms with Gasteiger partial charge in [-0.25, -0.2) is 0 Å². The Kier molecular flexibility index (Phi) is 0.979. The van der Waals surface area contributed by atoms with Crippen molar-refractivity contribution in [3.63, 3.8) is 0 Å². The third kappa shape index (κ3) is 0.707. The number of fused-ring (bicyclic) bond motifs is 1. The molecule has 47 valence electrons. The van der Waals surface area contributed by atoms with Crippen molar-refractivity contribution in [1.82, 2.24) is 0 Å². The molecule has 0 amide bonds. The van der Waals surface area contributed by atoms with Crippen molar-refractivity contribution in [2.75, 3.05) is 6.61 Å². The fraction of sp³-hybridized carbons (Fsp3) is 0.286. The fourth-order valence-electron chi connectivity index (χ4n) is 0.945. The first-order valence-corrected chi connectivity index (χ1v) is 2.97. The molecule has 1 radical (unpaired) electrons. The zero-order valence-corrected chi connectivity index (χ0v) is 4.96. The molecule has 0 saturated carbocycles. The molecule has 1 aliphatic heterocycles. The molecule has 0 N–H and O–H groups in total. The molecule has 0 fully saturated rings. The van der Waals surface area contributed by atoms with Crippen LogP contribution in [0.15, 0.2) is 16.7 Å². The van der Waals surface area contributed by atoms with Crippen LogP contribution in [0, 0.1) is 6.42 Å². The van der Waals surface area contributed by atoms with Crippen LogP contribution in [-0.4, -0.2) is 6.61 Å². The van der Waals surface area contributed by atoms with E-state index in [4.69, 9.17) is 9.15 Å². The molecular weight excluding hydrogens is 116 g/mol. The van der Waals surface area contributed by atoms with E-state index in [1.807, 2.05) is 12.5 Å². The highest BCUT2D eigenvalue weighted by molar-refractivity contribution is 5.27. The van der Waals surface area contributed by atoms with Gasteiger partial charge in [-0.3, -0.25) is 0 Å².